The largest absolute Gasteiger partial charge is 0.456 e. The molecule has 5 N–H and O–H groups in total. The molecule has 0 unspecified atom stereocenters. The van der Waals surface area contributed by atoms with Crippen molar-refractivity contribution in [2.24, 2.45) is 0 Å². The van der Waals surface area contributed by atoms with Gasteiger partial charge in [0, 0.05) is 23.5 Å². The van der Waals surface area contributed by atoms with Gasteiger partial charge in [-0.25, -0.2) is 0 Å². The monoisotopic (exact) mass is 589 g/mol. The minimum atomic E-state index is -0.338. The van der Waals surface area contributed by atoms with Crippen LogP contribution in [0.3, 0.4) is 0 Å². The molecule has 0 spiro atoms. The average molecular weight is 590 g/mol. The van der Waals surface area contributed by atoms with E-state index in [1.54, 1.807) is 36.4 Å². The molecule has 0 saturated heterocycles. The lowest BCUT2D eigenvalue weighted by molar-refractivity contribution is -0.109. The lowest BCUT2D eigenvalue weighted by atomic mass is 9.76. The number of hydrogen-bond donors (Lipinski definition) is 5. The van der Waals surface area contributed by atoms with Crippen LogP contribution in [0.2, 0.25) is 0 Å². The van der Waals surface area contributed by atoms with Gasteiger partial charge >= 0.3 is 0 Å². The lowest BCUT2D eigenvalue weighted by Gasteiger charge is -2.30. The first-order chi connectivity index (χ1) is 19.9. The number of hydrazine groups is 1. The van der Waals surface area contributed by atoms with Gasteiger partial charge in [-0.3, -0.25) is 20.4 Å². The highest BCUT2D eigenvalue weighted by Gasteiger charge is 2.27. The highest BCUT2D eigenvalue weighted by molar-refractivity contribution is 7.80. The van der Waals surface area contributed by atoms with E-state index in [2.05, 4.69) is 80.5 Å². The SMILES string of the molecule is CCNC(=S)Nc1ccc(Oc2ccc(C(C)(C)CC)cc2C(C)(C)CC)c(C(=O)Nc2ccc(NNC=O)cc2)c1. The van der Waals surface area contributed by atoms with Crippen molar-refractivity contribution in [2.75, 3.05) is 22.6 Å². The molecule has 42 heavy (non-hydrogen) atoms. The van der Waals surface area contributed by atoms with Crippen LogP contribution in [-0.4, -0.2) is 24.0 Å². The molecule has 2 amide bonds. The summed E-state index contributed by atoms with van der Waals surface area (Å²) in [5, 5.41) is 9.62. The number of hydrogen-bond acceptors (Lipinski definition) is 5. The third kappa shape index (κ3) is 8.22. The zero-order chi connectivity index (χ0) is 30.9. The maximum Gasteiger partial charge on any atom is 0.259 e. The second-order valence-corrected chi connectivity index (χ2v) is 11.8. The van der Waals surface area contributed by atoms with Gasteiger partial charge in [-0.05, 0) is 96.9 Å². The van der Waals surface area contributed by atoms with Crippen LogP contribution >= 0.6 is 12.2 Å². The smallest absolute Gasteiger partial charge is 0.259 e. The maximum absolute atomic E-state index is 13.7. The number of rotatable bonds is 13. The van der Waals surface area contributed by atoms with Crippen LogP contribution in [0.4, 0.5) is 17.1 Å². The minimum absolute atomic E-state index is 0.0226. The molecule has 0 heterocycles. The molecule has 3 rings (SSSR count). The fourth-order valence-corrected chi connectivity index (χ4v) is 4.50. The van der Waals surface area contributed by atoms with Crippen LogP contribution in [0.1, 0.15) is 82.8 Å². The van der Waals surface area contributed by atoms with Crippen LogP contribution in [0.25, 0.3) is 0 Å². The van der Waals surface area contributed by atoms with E-state index in [-0.39, 0.29) is 16.7 Å². The van der Waals surface area contributed by atoms with Crippen LogP contribution in [0.5, 0.6) is 11.5 Å². The van der Waals surface area contributed by atoms with Crippen LogP contribution in [-0.2, 0) is 15.6 Å². The quantitative estimate of drug-likeness (QED) is 0.0800. The summed E-state index contributed by atoms with van der Waals surface area (Å²) in [7, 11) is 0. The molecule has 0 saturated carbocycles. The molecular formula is C33H43N5O3S. The number of carbonyl (C=O) groups excluding carboxylic acids is 2. The fraction of sp³-hybridized carbons (Fsp3) is 0.364. The number of nitrogens with one attached hydrogen (secondary N) is 5. The molecule has 0 fully saturated rings. The number of thiocarbonyl (C=S) groups is 1. The fourth-order valence-electron chi connectivity index (χ4n) is 4.24. The van der Waals surface area contributed by atoms with Crippen LogP contribution in [0, 0.1) is 0 Å². The molecule has 8 nitrogen and oxygen atoms in total. The summed E-state index contributed by atoms with van der Waals surface area (Å²) in [5.74, 6) is 0.805. The molecule has 0 atom stereocenters. The molecule has 0 aliphatic rings. The van der Waals surface area contributed by atoms with E-state index in [0.29, 0.717) is 52.2 Å². The molecule has 3 aromatic rings. The van der Waals surface area contributed by atoms with Crippen molar-refractivity contribution in [1.29, 1.82) is 0 Å². The summed E-state index contributed by atoms with van der Waals surface area (Å²) in [4.78, 5) is 24.2. The van der Waals surface area contributed by atoms with Crippen molar-refractivity contribution in [2.45, 2.75) is 72.1 Å². The summed E-state index contributed by atoms with van der Waals surface area (Å²) >= 11 is 5.37. The predicted molar refractivity (Wildman–Crippen MR) is 177 cm³/mol. The van der Waals surface area contributed by atoms with E-state index >= 15 is 0 Å². The maximum atomic E-state index is 13.7. The molecule has 9 heteroatoms. The third-order valence-electron chi connectivity index (χ3n) is 7.72. The van der Waals surface area contributed by atoms with Crippen molar-refractivity contribution in [3.05, 3.63) is 77.4 Å². The summed E-state index contributed by atoms with van der Waals surface area (Å²) < 4.78 is 6.57. The number of carbonyl (C=O) groups is 2. The highest BCUT2D eigenvalue weighted by Crippen LogP contribution is 2.41. The molecule has 0 bridgehead atoms. The van der Waals surface area contributed by atoms with E-state index in [0.717, 1.165) is 18.4 Å². The second-order valence-electron chi connectivity index (χ2n) is 11.4. The van der Waals surface area contributed by atoms with Crippen LogP contribution < -0.4 is 31.5 Å². The van der Waals surface area contributed by atoms with E-state index < -0.39 is 0 Å². The Hall–Kier alpha value is -4.11. The molecule has 0 aliphatic heterocycles. The lowest BCUT2D eigenvalue weighted by Crippen LogP contribution is -2.28. The Balaban J connectivity index is 2.03. The molecule has 0 aliphatic carbocycles. The second kappa shape index (κ2) is 14.2. The Bertz CT molecular complexity index is 1400. The predicted octanol–water partition coefficient (Wildman–Crippen LogP) is 7.49. The summed E-state index contributed by atoms with van der Waals surface area (Å²) in [5.41, 5.74) is 9.62. The normalized spacial score (nSPS) is 11.3. The standard InChI is InChI=1S/C33H43N5O3S/c1-8-32(4,5)22-11-17-29(27(19-22)33(6,7)9-2)41-28-18-16-25(37-31(42)34-10-3)20-26(28)30(40)36-23-12-14-24(15-13-23)38-35-21-39/h11-21,38H,8-10H2,1-7H3,(H,35,39)(H,36,40)(H2,34,37,42). The Labute approximate surface area is 255 Å². The van der Waals surface area contributed by atoms with Gasteiger partial charge in [0.25, 0.3) is 5.91 Å². The van der Waals surface area contributed by atoms with Crippen molar-refractivity contribution >= 4 is 46.7 Å². The molecule has 0 aromatic heterocycles. The van der Waals surface area contributed by atoms with E-state index in [1.807, 2.05) is 19.1 Å². The summed E-state index contributed by atoms with van der Waals surface area (Å²) in [6.45, 7) is 15.9. The minimum Gasteiger partial charge on any atom is -0.456 e. The summed E-state index contributed by atoms with van der Waals surface area (Å²) in [6, 6.07) is 18.7. The topological polar surface area (TPSA) is 104 Å². The first-order valence-electron chi connectivity index (χ1n) is 14.3. The van der Waals surface area contributed by atoms with E-state index in [1.165, 1.54) is 5.56 Å². The summed E-state index contributed by atoms with van der Waals surface area (Å²) in [6.07, 6.45) is 2.48. The molecule has 0 radical (unpaired) electrons. The van der Waals surface area contributed by atoms with Gasteiger partial charge in [0.2, 0.25) is 6.41 Å². The van der Waals surface area contributed by atoms with Crippen LogP contribution in [0.15, 0.2) is 60.7 Å². The third-order valence-corrected chi connectivity index (χ3v) is 7.96. The number of amides is 2. The Kier molecular flexibility index (Phi) is 10.9. The van der Waals surface area contributed by atoms with Gasteiger partial charge in [0.15, 0.2) is 5.11 Å². The van der Waals surface area contributed by atoms with Gasteiger partial charge in [-0.1, -0.05) is 53.7 Å². The van der Waals surface area contributed by atoms with E-state index in [4.69, 9.17) is 17.0 Å². The number of benzene rings is 3. The zero-order valence-corrected chi connectivity index (χ0v) is 26.4. The first kappa shape index (κ1) is 32.4. The van der Waals surface area contributed by atoms with Gasteiger partial charge in [-0.15, -0.1) is 0 Å². The number of ether oxygens (including phenoxy) is 1. The van der Waals surface area contributed by atoms with Gasteiger partial charge in [-0.2, -0.15) is 0 Å². The Morgan fingerprint density at radius 1 is 0.810 bits per heavy atom. The zero-order valence-electron chi connectivity index (χ0n) is 25.6. The Morgan fingerprint density at radius 3 is 2.05 bits per heavy atom. The van der Waals surface area contributed by atoms with Crippen molar-refractivity contribution in [3.8, 4) is 11.5 Å². The molecule has 3 aromatic carbocycles. The molecule has 224 valence electrons. The van der Waals surface area contributed by atoms with Gasteiger partial charge < -0.3 is 20.7 Å². The van der Waals surface area contributed by atoms with Crippen molar-refractivity contribution in [1.82, 2.24) is 10.7 Å². The first-order valence-corrected chi connectivity index (χ1v) is 14.7. The number of anilines is 3. The average Bonchev–Trinajstić information content (AvgIpc) is 2.97. The highest BCUT2D eigenvalue weighted by atomic mass is 32.1. The van der Waals surface area contributed by atoms with Crippen molar-refractivity contribution < 1.29 is 14.3 Å². The van der Waals surface area contributed by atoms with E-state index in [9.17, 15) is 9.59 Å². The van der Waals surface area contributed by atoms with Crippen molar-refractivity contribution in [3.63, 3.8) is 0 Å². The Morgan fingerprint density at radius 2 is 1.43 bits per heavy atom. The van der Waals surface area contributed by atoms with Gasteiger partial charge in [0.05, 0.1) is 11.3 Å². The molecular weight excluding hydrogens is 546 g/mol. The van der Waals surface area contributed by atoms with Gasteiger partial charge in [0.1, 0.15) is 11.5 Å².